The normalized spacial score (nSPS) is 19.1. The van der Waals surface area contributed by atoms with Crippen molar-refractivity contribution in [3.05, 3.63) is 60.2 Å². The first-order chi connectivity index (χ1) is 12.9. The summed E-state index contributed by atoms with van der Waals surface area (Å²) < 4.78 is 11.4. The highest BCUT2D eigenvalue weighted by Crippen LogP contribution is 2.50. The summed E-state index contributed by atoms with van der Waals surface area (Å²) in [5.74, 6) is 1.77. The molecule has 0 radical (unpaired) electrons. The maximum absolute atomic E-state index is 11.9. The minimum absolute atomic E-state index is 0.348. The fourth-order valence-electron chi connectivity index (χ4n) is 3.54. The second-order valence-electron chi connectivity index (χ2n) is 8.22. The molecule has 0 aliphatic heterocycles. The summed E-state index contributed by atoms with van der Waals surface area (Å²) in [4.78, 5) is 11.9. The SMILES string of the molecule is CC(C)(C)OC(=O)NCC1CC1c1ccccc1-c1cc2ccccc2o1. The zero-order valence-electron chi connectivity index (χ0n) is 16.0. The van der Waals surface area contributed by atoms with E-state index in [4.69, 9.17) is 9.15 Å². The molecule has 1 heterocycles. The number of ether oxygens (including phenoxy) is 1. The van der Waals surface area contributed by atoms with Gasteiger partial charge in [0.15, 0.2) is 0 Å². The number of amides is 1. The Hall–Kier alpha value is -2.75. The first-order valence-corrected chi connectivity index (χ1v) is 9.45. The lowest BCUT2D eigenvalue weighted by Gasteiger charge is -2.19. The van der Waals surface area contributed by atoms with Crippen LogP contribution in [0, 0.1) is 5.92 Å². The highest BCUT2D eigenvalue weighted by molar-refractivity contribution is 5.83. The van der Waals surface area contributed by atoms with Crippen molar-refractivity contribution in [2.45, 2.75) is 38.7 Å². The molecule has 4 nitrogen and oxygen atoms in total. The van der Waals surface area contributed by atoms with Crippen molar-refractivity contribution in [1.29, 1.82) is 0 Å². The molecule has 1 saturated carbocycles. The molecule has 2 aromatic carbocycles. The predicted molar refractivity (Wildman–Crippen MR) is 107 cm³/mol. The highest BCUT2D eigenvalue weighted by Gasteiger charge is 2.40. The van der Waals surface area contributed by atoms with E-state index in [9.17, 15) is 4.79 Å². The number of carbonyl (C=O) groups excluding carboxylic acids is 1. The van der Waals surface area contributed by atoms with E-state index in [1.807, 2.05) is 45.0 Å². The van der Waals surface area contributed by atoms with Gasteiger partial charge < -0.3 is 14.5 Å². The van der Waals surface area contributed by atoms with Crippen LogP contribution in [0.4, 0.5) is 4.79 Å². The van der Waals surface area contributed by atoms with Gasteiger partial charge in [-0.25, -0.2) is 4.79 Å². The van der Waals surface area contributed by atoms with Gasteiger partial charge in [0.2, 0.25) is 0 Å². The summed E-state index contributed by atoms with van der Waals surface area (Å²) in [6.45, 7) is 6.25. The molecule has 140 valence electrons. The molecule has 4 heteroatoms. The minimum atomic E-state index is -0.471. The first kappa shape index (κ1) is 17.7. The summed E-state index contributed by atoms with van der Waals surface area (Å²) in [6.07, 6.45) is 0.714. The number of alkyl carbamates (subject to hydrolysis) is 1. The number of hydrogen-bond acceptors (Lipinski definition) is 3. The minimum Gasteiger partial charge on any atom is -0.456 e. The van der Waals surface area contributed by atoms with Crippen molar-refractivity contribution >= 4 is 17.1 Å². The molecular weight excluding hydrogens is 338 g/mol. The molecule has 2 unspecified atom stereocenters. The van der Waals surface area contributed by atoms with E-state index >= 15 is 0 Å². The lowest BCUT2D eigenvalue weighted by molar-refractivity contribution is 0.0525. The van der Waals surface area contributed by atoms with Gasteiger partial charge >= 0.3 is 6.09 Å². The van der Waals surface area contributed by atoms with Gasteiger partial charge in [-0.3, -0.25) is 0 Å². The van der Waals surface area contributed by atoms with Gasteiger partial charge in [0.25, 0.3) is 0 Å². The Labute approximate surface area is 159 Å². The predicted octanol–water partition coefficient (Wildman–Crippen LogP) is 5.73. The summed E-state index contributed by atoms with van der Waals surface area (Å²) in [5.41, 5.74) is 2.85. The molecule has 4 rings (SSSR count). The van der Waals surface area contributed by atoms with Crippen LogP contribution >= 0.6 is 0 Å². The number of para-hydroxylation sites is 1. The smallest absolute Gasteiger partial charge is 0.407 e. The number of rotatable bonds is 4. The third-order valence-corrected chi connectivity index (χ3v) is 4.88. The zero-order valence-corrected chi connectivity index (χ0v) is 16.0. The second-order valence-corrected chi connectivity index (χ2v) is 8.22. The fraction of sp³-hybridized carbons (Fsp3) is 0.348. The number of carbonyl (C=O) groups is 1. The Morgan fingerprint density at radius 3 is 2.67 bits per heavy atom. The standard InChI is InChI=1S/C23H25NO3/c1-23(2,3)27-22(25)24-14-16-12-19(16)17-9-5-6-10-18(17)21-13-15-8-4-7-11-20(15)26-21/h4-11,13,16,19H,12,14H2,1-3H3,(H,24,25). The van der Waals surface area contributed by atoms with Crippen LogP contribution in [-0.4, -0.2) is 18.2 Å². The van der Waals surface area contributed by atoms with Crippen molar-refractivity contribution in [2.24, 2.45) is 5.92 Å². The van der Waals surface area contributed by atoms with Gasteiger partial charge in [0.1, 0.15) is 16.9 Å². The molecule has 3 aromatic rings. The summed E-state index contributed by atoms with van der Waals surface area (Å²) in [7, 11) is 0. The molecule has 27 heavy (non-hydrogen) atoms. The lowest BCUT2D eigenvalue weighted by Crippen LogP contribution is -2.33. The molecule has 0 spiro atoms. The monoisotopic (exact) mass is 363 g/mol. The van der Waals surface area contributed by atoms with E-state index in [-0.39, 0.29) is 6.09 Å². The number of fused-ring (bicyclic) bond motifs is 1. The van der Waals surface area contributed by atoms with E-state index in [0.29, 0.717) is 18.4 Å². The summed E-state index contributed by atoms with van der Waals surface area (Å²) in [6, 6.07) is 18.6. The maximum atomic E-state index is 11.9. The second kappa shape index (κ2) is 6.76. The molecule has 1 aliphatic rings. The third-order valence-electron chi connectivity index (χ3n) is 4.88. The molecule has 0 saturated heterocycles. The van der Waals surface area contributed by atoms with Crippen LogP contribution < -0.4 is 5.32 Å². The molecule has 2 atom stereocenters. The molecule has 1 aliphatic carbocycles. The van der Waals surface area contributed by atoms with Crippen LogP contribution in [0.5, 0.6) is 0 Å². The molecule has 1 amide bonds. The molecule has 0 bridgehead atoms. The Morgan fingerprint density at radius 1 is 1.15 bits per heavy atom. The molecular formula is C23H25NO3. The topological polar surface area (TPSA) is 51.5 Å². The van der Waals surface area contributed by atoms with Crippen LogP contribution in [0.3, 0.4) is 0 Å². The molecule has 1 N–H and O–H groups in total. The lowest BCUT2D eigenvalue weighted by atomic mass is 10.00. The largest absolute Gasteiger partial charge is 0.456 e. The zero-order chi connectivity index (χ0) is 19.0. The van der Waals surface area contributed by atoms with E-state index in [1.165, 1.54) is 5.56 Å². The van der Waals surface area contributed by atoms with Gasteiger partial charge in [-0.05, 0) is 56.7 Å². The Morgan fingerprint density at radius 2 is 1.89 bits per heavy atom. The summed E-state index contributed by atoms with van der Waals surface area (Å²) in [5, 5.41) is 4.01. The van der Waals surface area contributed by atoms with Gasteiger partial charge in [0, 0.05) is 17.5 Å². The maximum Gasteiger partial charge on any atom is 0.407 e. The van der Waals surface area contributed by atoms with Crippen molar-refractivity contribution < 1.29 is 13.9 Å². The Bertz CT molecular complexity index is 934. The average Bonchev–Trinajstić information content (AvgIpc) is 3.26. The van der Waals surface area contributed by atoms with Crippen LogP contribution in [0.25, 0.3) is 22.3 Å². The number of nitrogens with one attached hydrogen (secondary N) is 1. The van der Waals surface area contributed by atoms with Gasteiger partial charge in [-0.2, -0.15) is 0 Å². The van der Waals surface area contributed by atoms with E-state index < -0.39 is 5.60 Å². The Balaban J connectivity index is 1.47. The highest BCUT2D eigenvalue weighted by atomic mass is 16.6. The molecule has 1 aromatic heterocycles. The Kier molecular flexibility index (Phi) is 4.42. The fourth-order valence-corrected chi connectivity index (χ4v) is 3.54. The van der Waals surface area contributed by atoms with Crippen molar-refractivity contribution in [3.63, 3.8) is 0 Å². The van der Waals surface area contributed by atoms with Crippen molar-refractivity contribution in [2.75, 3.05) is 6.54 Å². The first-order valence-electron chi connectivity index (χ1n) is 9.45. The van der Waals surface area contributed by atoms with Crippen molar-refractivity contribution in [3.8, 4) is 11.3 Å². The molecule has 1 fully saturated rings. The van der Waals surface area contributed by atoms with Crippen LogP contribution in [-0.2, 0) is 4.74 Å². The summed E-state index contributed by atoms with van der Waals surface area (Å²) >= 11 is 0. The van der Waals surface area contributed by atoms with E-state index in [0.717, 1.165) is 28.7 Å². The quantitative estimate of drug-likeness (QED) is 0.644. The van der Waals surface area contributed by atoms with Crippen molar-refractivity contribution in [1.82, 2.24) is 5.32 Å². The number of benzene rings is 2. The number of hydrogen-bond donors (Lipinski definition) is 1. The van der Waals surface area contributed by atoms with E-state index in [1.54, 1.807) is 0 Å². The van der Waals surface area contributed by atoms with E-state index in [2.05, 4.69) is 35.6 Å². The van der Waals surface area contributed by atoms with Gasteiger partial charge in [0.05, 0.1) is 0 Å². The van der Waals surface area contributed by atoms with Crippen LogP contribution in [0.1, 0.15) is 38.7 Å². The van der Waals surface area contributed by atoms with Crippen LogP contribution in [0.15, 0.2) is 59.0 Å². The van der Waals surface area contributed by atoms with Gasteiger partial charge in [-0.15, -0.1) is 0 Å². The van der Waals surface area contributed by atoms with Crippen LogP contribution in [0.2, 0.25) is 0 Å². The van der Waals surface area contributed by atoms with Gasteiger partial charge in [-0.1, -0.05) is 42.5 Å². The third kappa shape index (κ3) is 4.00. The average molecular weight is 363 g/mol. The number of furan rings is 1.